The van der Waals surface area contributed by atoms with Gasteiger partial charge in [-0.3, -0.25) is 4.99 Å². The third kappa shape index (κ3) is 6.13. The molecule has 24 heavy (non-hydrogen) atoms. The fraction of sp³-hybridized carbons (Fsp3) is 0.632. The predicted molar refractivity (Wildman–Crippen MR) is 98.6 cm³/mol. The van der Waals surface area contributed by atoms with E-state index in [0.717, 1.165) is 45.0 Å². The van der Waals surface area contributed by atoms with Crippen LogP contribution in [0.4, 0.5) is 0 Å². The van der Waals surface area contributed by atoms with Crippen LogP contribution in [0.15, 0.2) is 29.3 Å². The highest BCUT2D eigenvalue weighted by atomic mass is 16.5. The second kappa shape index (κ2) is 10.3. The number of aliphatic imine (C=N–C) groups is 1. The van der Waals surface area contributed by atoms with Gasteiger partial charge in [-0.2, -0.15) is 0 Å². The Morgan fingerprint density at radius 1 is 1.38 bits per heavy atom. The lowest BCUT2D eigenvalue weighted by Crippen LogP contribution is -2.41. The average Bonchev–Trinajstić information content (AvgIpc) is 3.04. The number of aryl methyl sites for hydroxylation is 1. The zero-order valence-electron chi connectivity index (χ0n) is 15.3. The van der Waals surface area contributed by atoms with Crippen LogP contribution in [0.5, 0.6) is 0 Å². The topological polar surface area (TPSA) is 46.1 Å². The van der Waals surface area contributed by atoms with Crippen molar-refractivity contribution in [3.63, 3.8) is 0 Å². The molecular weight excluding hydrogens is 302 g/mol. The molecule has 0 saturated carbocycles. The van der Waals surface area contributed by atoms with Crippen LogP contribution in [0.1, 0.15) is 17.5 Å². The average molecular weight is 333 g/mol. The summed E-state index contributed by atoms with van der Waals surface area (Å²) in [5.74, 6) is 1.58. The molecule has 0 aliphatic carbocycles. The Kier molecular flexibility index (Phi) is 8.05. The summed E-state index contributed by atoms with van der Waals surface area (Å²) in [5.41, 5.74) is 2.68. The number of hydrogen-bond acceptors (Lipinski definition) is 3. The van der Waals surface area contributed by atoms with Crippen molar-refractivity contribution in [3.8, 4) is 0 Å². The zero-order valence-corrected chi connectivity index (χ0v) is 15.3. The normalized spacial score (nSPS) is 18.2. The molecule has 1 aliphatic heterocycles. The van der Waals surface area contributed by atoms with Crippen molar-refractivity contribution in [3.05, 3.63) is 35.4 Å². The molecule has 0 aromatic heterocycles. The van der Waals surface area contributed by atoms with Gasteiger partial charge < -0.3 is 19.7 Å². The van der Waals surface area contributed by atoms with E-state index >= 15 is 0 Å². The molecule has 1 aromatic rings. The Morgan fingerprint density at radius 2 is 2.25 bits per heavy atom. The highest BCUT2D eigenvalue weighted by Crippen LogP contribution is 2.16. The highest BCUT2D eigenvalue weighted by molar-refractivity contribution is 5.80. The van der Waals surface area contributed by atoms with Crippen molar-refractivity contribution in [1.29, 1.82) is 0 Å². The van der Waals surface area contributed by atoms with Gasteiger partial charge in [0.05, 0.1) is 19.8 Å². The van der Waals surface area contributed by atoms with Gasteiger partial charge in [-0.15, -0.1) is 0 Å². The van der Waals surface area contributed by atoms with Crippen LogP contribution < -0.4 is 5.32 Å². The first-order valence-electron chi connectivity index (χ1n) is 8.80. The first-order valence-corrected chi connectivity index (χ1v) is 8.80. The van der Waals surface area contributed by atoms with Gasteiger partial charge in [0.25, 0.3) is 0 Å². The Hall–Kier alpha value is -1.59. The van der Waals surface area contributed by atoms with Crippen molar-refractivity contribution >= 4 is 5.96 Å². The number of nitrogens with zero attached hydrogens (tertiary/aromatic N) is 2. The number of ether oxygens (including phenoxy) is 2. The number of nitrogens with one attached hydrogen (secondary N) is 1. The minimum atomic E-state index is 0.581. The summed E-state index contributed by atoms with van der Waals surface area (Å²) in [5, 5.41) is 3.49. The lowest BCUT2D eigenvalue weighted by Gasteiger charge is -2.21. The molecule has 1 saturated heterocycles. The van der Waals surface area contributed by atoms with E-state index in [1.807, 2.05) is 7.05 Å². The molecule has 1 fully saturated rings. The second-order valence-corrected chi connectivity index (χ2v) is 6.38. The summed E-state index contributed by atoms with van der Waals surface area (Å²) < 4.78 is 10.7. The minimum absolute atomic E-state index is 0.581. The molecule has 0 bridgehead atoms. The van der Waals surface area contributed by atoms with Gasteiger partial charge in [0, 0.05) is 39.7 Å². The van der Waals surface area contributed by atoms with Crippen molar-refractivity contribution in [2.45, 2.75) is 19.8 Å². The molecule has 5 nitrogen and oxygen atoms in total. The maximum Gasteiger partial charge on any atom is 0.193 e. The molecule has 2 rings (SSSR count). The zero-order chi connectivity index (χ0) is 17.2. The Labute approximate surface area is 146 Å². The molecule has 0 radical (unpaired) electrons. The minimum Gasteiger partial charge on any atom is -0.382 e. The standard InChI is InChI=1S/C19H31N3O2/c1-16-5-4-6-17(13-16)7-9-21-19(20-2)22-10-8-18(14-22)15-24-12-11-23-3/h4-6,13,18H,7-12,14-15H2,1-3H3,(H,20,21). The molecule has 1 N–H and O–H groups in total. The van der Waals surface area contributed by atoms with Gasteiger partial charge in [-0.05, 0) is 25.3 Å². The number of likely N-dealkylation sites (tertiary alicyclic amines) is 1. The number of hydrogen-bond donors (Lipinski definition) is 1. The third-order valence-electron chi connectivity index (χ3n) is 4.36. The summed E-state index contributed by atoms with van der Waals surface area (Å²) in [6.45, 7) is 7.24. The molecule has 0 spiro atoms. The Morgan fingerprint density at radius 3 is 3.00 bits per heavy atom. The maximum atomic E-state index is 5.66. The van der Waals surface area contributed by atoms with E-state index in [9.17, 15) is 0 Å². The summed E-state index contributed by atoms with van der Waals surface area (Å²) in [6.07, 6.45) is 2.17. The summed E-state index contributed by atoms with van der Waals surface area (Å²) >= 11 is 0. The Bertz CT molecular complexity index is 519. The number of rotatable bonds is 8. The van der Waals surface area contributed by atoms with E-state index in [0.29, 0.717) is 19.1 Å². The monoisotopic (exact) mass is 333 g/mol. The second-order valence-electron chi connectivity index (χ2n) is 6.38. The van der Waals surface area contributed by atoms with Crippen LogP contribution in [0.25, 0.3) is 0 Å². The Balaban J connectivity index is 1.70. The molecule has 1 unspecified atom stereocenters. The van der Waals surface area contributed by atoms with Crippen LogP contribution in [-0.4, -0.2) is 64.5 Å². The van der Waals surface area contributed by atoms with Gasteiger partial charge in [0.1, 0.15) is 0 Å². The van der Waals surface area contributed by atoms with E-state index in [2.05, 4.69) is 46.4 Å². The molecule has 1 aliphatic rings. The summed E-state index contributed by atoms with van der Waals surface area (Å²) in [7, 11) is 3.56. The molecule has 1 heterocycles. The van der Waals surface area contributed by atoms with Gasteiger partial charge in [-0.1, -0.05) is 29.8 Å². The van der Waals surface area contributed by atoms with Gasteiger partial charge in [-0.25, -0.2) is 0 Å². The number of benzene rings is 1. The molecule has 5 heteroatoms. The van der Waals surface area contributed by atoms with Gasteiger partial charge >= 0.3 is 0 Å². The van der Waals surface area contributed by atoms with E-state index in [-0.39, 0.29) is 0 Å². The van der Waals surface area contributed by atoms with E-state index in [1.165, 1.54) is 11.1 Å². The van der Waals surface area contributed by atoms with Crippen molar-refractivity contribution in [1.82, 2.24) is 10.2 Å². The highest BCUT2D eigenvalue weighted by Gasteiger charge is 2.24. The van der Waals surface area contributed by atoms with Crippen LogP contribution in [0.3, 0.4) is 0 Å². The van der Waals surface area contributed by atoms with Crippen LogP contribution in [0, 0.1) is 12.8 Å². The molecule has 1 aromatic carbocycles. The molecule has 0 amide bonds. The fourth-order valence-electron chi connectivity index (χ4n) is 3.07. The SMILES string of the molecule is CN=C(NCCc1cccc(C)c1)N1CCC(COCCOC)C1. The fourth-order valence-corrected chi connectivity index (χ4v) is 3.07. The first-order chi connectivity index (χ1) is 11.7. The molecule has 134 valence electrons. The molecular formula is C19H31N3O2. The lowest BCUT2D eigenvalue weighted by atomic mass is 10.1. The summed E-state index contributed by atoms with van der Waals surface area (Å²) in [4.78, 5) is 6.77. The molecule has 1 atom stereocenters. The summed E-state index contributed by atoms with van der Waals surface area (Å²) in [6, 6.07) is 8.68. The van der Waals surface area contributed by atoms with E-state index in [4.69, 9.17) is 9.47 Å². The van der Waals surface area contributed by atoms with Crippen molar-refractivity contribution in [2.75, 3.05) is 53.6 Å². The van der Waals surface area contributed by atoms with Crippen LogP contribution in [-0.2, 0) is 15.9 Å². The number of guanidine groups is 1. The van der Waals surface area contributed by atoms with Crippen molar-refractivity contribution < 1.29 is 9.47 Å². The predicted octanol–water partition coefficient (Wildman–Crippen LogP) is 2.10. The lowest BCUT2D eigenvalue weighted by molar-refractivity contribution is 0.0536. The van der Waals surface area contributed by atoms with Gasteiger partial charge in [0.15, 0.2) is 5.96 Å². The smallest absolute Gasteiger partial charge is 0.193 e. The third-order valence-corrected chi connectivity index (χ3v) is 4.36. The van der Waals surface area contributed by atoms with Crippen LogP contribution >= 0.6 is 0 Å². The van der Waals surface area contributed by atoms with Crippen molar-refractivity contribution in [2.24, 2.45) is 10.9 Å². The van der Waals surface area contributed by atoms with E-state index in [1.54, 1.807) is 7.11 Å². The first kappa shape index (κ1) is 18.7. The maximum absolute atomic E-state index is 5.66. The van der Waals surface area contributed by atoms with E-state index < -0.39 is 0 Å². The number of methoxy groups -OCH3 is 1. The van der Waals surface area contributed by atoms with Crippen LogP contribution in [0.2, 0.25) is 0 Å². The van der Waals surface area contributed by atoms with Gasteiger partial charge in [0.2, 0.25) is 0 Å². The largest absolute Gasteiger partial charge is 0.382 e. The quantitative estimate of drug-likeness (QED) is 0.450.